The third-order valence-electron chi connectivity index (χ3n) is 3.43. The maximum Gasteiger partial charge on any atom is 0.270 e. The van der Waals surface area contributed by atoms with Crippen LogP contribution < -0.4 is 10.7 Å². The molecule has 0 radical (unpaired) electrons. The lowest BCUT2D eigenvalue weighted by Crippen LogP contribution is -2.37. The van der Waals surface area contributed by atoms with Crippen LogP contribution in [0.15, 0.2) is 12.1 Å². The van der Waals surface area contributed by atoms with Gasteiger partial charge < -0.3 is 5.32 Å². The molecule has 3 rings (SSSR count). The highest BCUT2D eigenvalue weighted by Crippen LogP contribution is 2.26. The predicted octanol–water partition coefficient (Wildman–Crippen LogP) is 1.06. The summed E-state index contributed by atoms with van der Waals surface area (Å²) in [6.07, 6.45) is 1.78. The van der Waals surface area contributed by atoms with E-state index in [-0.39, 0.29) is 17.4 Å². The molecule has 0 atom stereocenters. The first-order valence-corrected chi connectivity index (χ1v) is 6.33. The zero-order valence-corrected chi connectivity index (χ0v) is 10.3. The van der Waals surface area contributed by atoms with E-state index >= 15 is 0 Å². The average molecular weight is 263 g/mol. The second-order valence-electron chi connectivity index (χ2n) is 4.76. The number of carbonyl (C=O) groups is 2. The van der Waals surface area contributed by atoms with E-state index in [1.165, 1.54) is 11.1 Å². The first kappa shape index (κ1) is 12.1. The van der Waals surface area contributed by atoms with Crippen LogP contribution in [-0.2, 0) is 11.2 Å². The van der Waals surface area contributed by atoms with Gasteiger partial charge in [0, 0.05) is 25.2 Å². The lowest BCUT2D eigenvalue weighted by atomic mass is 9.99. The number of nitrogens with zero attached hydrogens (tertiary/aromatic N) is 1. The Morgan fingerprint density at radius 3 is 2.89 bits per heavy atom. The molecule has 2 aliphatic heterocycles. The Hall–Kier alpha value is -1.95. The minimum atomic E-state index is -0.598. The molecule has 0 spiro atoms. The number of rotatable bonds is 1. The number of hydrogen-bond acceptors (Lipinski definition) is 3. The van der Waals surface area contributed by atoms with E-state index in [9.17, 15) is 14.0 Å². The fourth-order valence-electron chi connectivity index (χ4n) is 2.42. The summed E-state index contributed by atoms with van der Waals surface area (Å²) in [7, 11) is 0. The molecule has 0 saturated carbocycles. The first-order valence-electron chi connectivity index (χ1n) is 6.33. The van der Waals surface area contributed by atoms with Gasteiger partial charge in [-0.05, 0) is 30.5 Å². The maximum absolute atomic E-state index is 14.0. The van der Waals surface area contributed by atoms with Crippen molar-refractivity contribution in [2.45, 2.75) is 19.3 Å². The Kier molecular flexibility index (Phi) is 2.94. The van der Waals surface area contributed by atoms with Crippen molar-refractivity contribution in [3.63, 3.8) is 0 Å². The van der Waals surface area contributed by atoms with Crippen molar-refractivity contribution >= 4 is 17.5 Å². The highest BCUT2D eigenvalue weighted by molar-refractivity contribution is 5.98. The SMILES string of the molecule is O=C1CCc2cc(C(=O)N3CCCN3)c(F)cc2N1. The highest BCUT2D eigenvalue weighted by atomic mass is 19.1. The van der Waals surface area contributed by atoms with Crippen molar-refractivity contribution in [2.24, 2.45) is 0 Å². The number of halogens is 1. The number of carbonyl (C=O) groups excluding carboxylic acids is 2. The minimum Gasteiger partial charge on any atom is -0.326 e. The molecule has 6 heteroatoms. The third kappa shape index (κ3) is 2.19. The van der Waals surface area contributed by atoms with Gasteiger partial charge in [0.05, 0.1) is 5.56 Å². The van der Waals surface area contributed by atoms with Crippen molar-refractivity contribution in [3.05, 3.63) is 29.1 Å². The summed E-state index contributed by atoms with van der Waals surface area (Å²) in [4.78, 5) is 23.4. The Morgan fingerprint density at radius 1 is 1.32 bits per heavy atom. The number of nitrogens with one attached hydrogen (secondary N) is 2. The summed E-state index contributed by atoms with van der Waals surface area (Å²) in [6.45, 7) is 1.32. The number of hydrogen-bond donors (Lipinski definition) is 2. The fourth-order valence-corrected chi connectivity index (χ4v) is 2.42. The molecule has 19 heavy (non-hydrogen) atoms. The normalized spacial score (nSPS) is 18.2. The minimum absolute atomic E-state index is 0.0595. The number of amides is 2. The number of benzene rings is 1. The zero-order chi connectivity index (χ0) is 13.4. The van der Waals surface area contributed by atoms with Crippen molar-refractivity contribution in [3.8, 4) is 0 Å². The number of aryl methyl sites for hydroxylation is 1. The van der Waals surface area contributed by atoms with Crippen LogP contribution in [0.2, 0.25) is 0 Å². The van der Waals surface area contributed by atoms with Gasteiger partial charge in [0.15, 0.2) is 0 Å². The second-order valence-corrected chi connectivity index (χ2v) is 4.76. The van der Waals surface area contributed by atoms with Gasteiger partial charge in [0.25, 0.3) is 5.91 Å². The largest absolute Gasteiger partial charge is 0.326 e. The summed E-state index contributed by atoms with van der Waals surface area (Å²) < 4.78 is 14.0. The van der Waals surface area contributed by atoms with Gasteiger partial charge in [-0.3, -0.25) is 14.6 Å². The van der Waals surface area contributed by atoms with Gasteiger partial charge in [-0.15, -0.1) is 0 Å². The third-order valence-corrected chi connectivity index (χ3v) is 3.43. The van der Waals surface area contributed by atoms with E-state index in [1.54, 1.807) is 6.07 Å². The number of fused-ring (bicyclic) bond motifs is 1. The molecule has 5 nitrogen and oxygen atoms in total. The highest BCUT2D eigenvalue weighted by Gasteiger charge is 2.25. The van der Waals surface area contributed by atoms with Crippen LogP contribution in [0.3, 0.4) is 0 Å². The topological polar surface area (TPSA) is 61.4 Å². The lowest BCUT2D eigenvalue weighted by molar-refractivity contribution is -0.116. The Morgan fingerprint density at radius 2 is 2.16 bits per heavy atom. The average Bonchev–Trinajstić information content (AvgIpc) is 2.91. The summed E-state index contributed by atoms with van der Waals surface area (Å²) in [5.41, 5.74) is 4.26. The van der Waals surface area contributed by atoms with E-state index in [1.807, 2.05) is 0 Å². The molecule has 1 fully saturated rings. The molecule has 0 unspecified atom stereocenters. The molecule has 1 aromatic rings. The molecule has 2 amide bonds. The first-order chi connectivity index (χ1) is 9.15. The monoisotopic (exact) mass is 263 g/mol. The quantitative estimate of drug-likeness (QED) is 0.796. The number of anilines is 1. The smallest absolute Gasteiger partial charge is 0.270 e. The summed E-state index contributed by atoms with van der Waals surface area (Å²) in [5.74, 6) is -1.07. The Balaban J connectivity index is 1.94. The lowest BCUT2D eigenvalue weighted by Gasteiger charge is -2.20. The molecule has 1 aromatic carbocycles. The van der Waals surface area contributed by atoms with Gasteiger partial charge in [-0.2, -0.15) is 0 Å². The van der Waals surface area contributed by atoms with Gasteiger partial charge in [-0.25, -0.2) is 9.82 Å². The van der Waals surface area contributed by atoms with Crippen LogP contribution in [0.5, 0.6) is 0 Å². The molecular formula is C13H14FN3O2. The fraction of sp³-hybridized carbons (Fsp3) is 0.385. The summed E-state index contributed by atoms with van der Waals surface area (Å²) in [6, 6.07) is 2.78. The van der Waals surface area contributed by atoms with Gasteiger partial charge in [-0.1, -0.05) is 0 Å². The maximum atomic E-state index is 14.0. The molecule has 2 heterocycles. The molecule has 0 aliphatic carbocycles. The van der Waals surface area contributed by atoms with E-state index < -0.39 is 5.82 Å². The van der Waals surface area contributed by atoms with Crippen molar-refractivity contribution in [1.29, 1.82) is 0 Å². The van der Waals surface area contributed by atoms with E-state index in [0.29, 0.717) is 25.1 Å². The van der Waals surface area contributed by atoms with Crippen LogP contribution in [0.4, 0.5) is 10.1 Å². The van der Waals surface area contributed by atoms with Crippen LogP contribution in [-0.4, -0.2) is 29.9 Å². The molecule has 0 bridgehead atoms. The Labute approximate surface area is 109 Å². The molecule has 2 N–H and O–H groups in total. The van der Waals surface area contributed by atoms with Crippen LogP contribution >= 0.6 is 0 Å². The van der Waals surface area contributed by atoms with Gasteiger partial charge in [0.2, 0.25) is 5.91 Å². The molecule has 0 aromatic heterocycles. The Bertz CT molecular complexity index is 553. The van der Waals surface area contributed by atoms with Gasteiger partial charge >= 0.3 is 0 Å². The molecule has 2 aliphatic rings. The predicted molar refractivity (Wildman–Crippen MR) is 67.0 cm³/mol. The van der Waals surface area contributed by atoms with E-state index in [2.05, 4.69) is 10.7 Å². The van der Waals surface area contributed by atoms with Crippen LogP contribution in [0, 0.1) is 5.82 Å². The number of hydrazine groups is 1. The van der Waals surface area contributed by atoms with Crippen LogP contribution in [0.1, 0.15) is 28.8 Å². The van der Waals surface area contributed by atoms with E-state index in [0.717, 1.165) is 18.5 Å². The summed E-state index contributed by atoms with van der Waals surface area (Å²) >= 11 is 0. The molecular weight excluding hydrogens is 249 g/mol. The van der Waals surface area contributed by atoms with Crippen molar-refractivity contribution < 1.29 is 14.0 Å². The van der Waals surface area contributed by atoms with Crippen LogP contribution in [0.25, 0.3) is 0 Å². The van der Waals surface area contributed by atoms with Gasteiger partial charge in [0.1, 0.15) is 5.82 Å². The van der Waals surface area contributed by atoms with E-state index in [4.69, 9.17) is 0 Å². The molecule has 100 valence electrons. The zero-order valence-electron chi connectivity index (χ0n) is 10.3. The second kappa shape index (κ2) is 4.62. The summed E-state index contributed by atoms with van der Waals surface area (Å²) in [5, 5.41) is 4.05. The van der Waals surface area contributed by atoms with Crippen molar-refractivity contribution in [2.75, 3.05) is 18.4 Å². The standard InChI is InChI=1S/C13H14FN3O2/c14-10-7-11-8(2-3-12(18)16-11)6-9(10)13(19)17-5-1-4-15-17/h6-7,15H,1-5H2,(H,16,18). The van der Waals surface area contributed by atoms with Crippen molar-refractivity contribution in [1.82, 2.24) is 10.4 Å². The molecule has 1 saturated heterocycles.